The quantitative estimate of drug-likeness (QED) is 0.424. The lowest BCUT2D eigenvalue weighted by Crippen LogP contribution is -2.33. The Kier molecular flexibility index (Phi) is 8.79. The highest BCUT2D eigenvalue weighted by molar-refractivity contribution is 14.0. The summed E-state index contributed by atoms with van der Waals surface area (Å²) in [5.41, 5.74) is 6.88. The van der Waals surface area contributed by atoms with Gasteiger partial charge in [0.15, 0.2) is 5.96 Å². The summed E-state index contributed by atoms with van der Waals surface area (Å²) in [5.74, 6) is 0.386. The number of nitrogens with zero attached hydrogens (tertiary/aromatic N) is 1. The summed E-state index contributed by atoms with van der Waals surface area (Å²) in [5, 5.41) is 12.0. The number of guanidine groups is 1. The molecule has 17 heavy (non-hydrogen) atoms. The van der Waals surface area contributed by atoms with E-state index in [1.165, 1.54) is 5.56 Å². The third kappa shape index (κ3) is 7.98. The predicted octanol–water partition coefficient (Wildman–Crippen LogP) is 1.13. The lowest BCUT2D eigenvalue weighted by atomic mass is 10.1. The maximum atomic E-state index is 9.01. The summed E-state index contributed by atoms with van der Waals surface area (Å²) in [6.07, 6.45) is 0.459. The van der Waals surface area contributed by atoms with Crippen LogP contribution in [0.5, 0.6) is 0 Å². The minimum absolute atomic E-state index is 0. The third-order valence-electron chi connectivity index (χ3n) is 2.09. The Morgan fingerprint density at radius 2 is 2.06 bits per heavy atom. The summed E-state index contributed by atoms with van der Waals surface area (Å²) >= 11 is 0. The highest BCUT2D eigenvalue weighted by atomic mass is 127. The number of hydrogen-bond acceptors (Lipinski definition) is 2. The number of halogens is 1. The zero-order chi connectivity index (χ0) is 11.8. The van der Waals surface area contributed by atoms with E-state index in [0.717, 1.165) is 13.0 Å². The van der Waals surface area contributed by atoms with Gasteiger partial charge in [-0.1, -0.05) is 30.3 Å². The molecule has 1 aromatic rings. The second-order valence-electron chi connectivity index (χ2n) is 3.74. The molecule has 1 aromatic carbocycles. The van der Waals surface area contributed by atoms with E-state index in [9.17, 15) is 0 Å². The van der Waals surface area contributed by atoms with E-state index in [2.05, 4.69) is 22.4 Å². The van der Waals surface area contributed by atoms with Gasteiger partial charge in [-0.2, -0.15) is 0 Å². The van der Waals surface area contributed by atoms with Crippen LogP contribution in [0.4, 0.5) is 0 Å². The number of aliphatic hydroxyl groups is 1. The van der Waals surface area contributed by atoms with Gasteiger partial charge in [0.1, 0.15) is 0 Å². The first kappa shape index (κ1) is 16.2. The van der Waals surface area contributed by atoms with E-state index >= 15 is 0 Å². The lowest BCUT2D eigenvalue weighted by molar-refractivity contribution is 0.204. The Morgan fingerprint density at radius 3 is 2.65 bits per heavy atom. The highest BCUT2D eigenvalue weighted by Crippen LogP contribution is 1.97. The van der Waals surface area contributed by atoms with Crippen LogP contribution in [-0.4, -0.2) is 30.3 Å². The first-order chi connectivity index (χ1) is 7.68. The number of hydrogen-bond donors (Lipinski definition) is 3. The van der Waals surface area contributed by atoms with E-state index in [1.807, 2.05) is 18.2 Å². The lowest BCUT2D eigenvalue weighted by Gasteiger charge is -2.06. The number of aliphatic imine (C=N–C) groups is 1. The fourth-order valence-electron chi connectivity index (χ4n) is 1.27. The van der Waals surface area contributed by atoms with Gasteiger partial charge in [-0.25, -0.2) is 0 Å². The number of benzene rings is 1. The molecule has 1 unspecified atom stereocenters. The Balaban J connectivity index is 0.00000256. The van der Waals surface area contributed by atoms with Crippen LogP contribution in [-0.2, 0) is 6.42 Å². The molecule has 0 heterocycles. The van der Waals surface area contributed by atoms with Gasteiger partial charge in [-0.05, 0) is 18.9 Å². The highest BCUT2D eigenvalue weighted by Gasteiger charge is 1.95. The molecule has 0 fully saturated rings. The van der Waals surface area contributed by atoms with Crippen molar-refractivity contribution in [3.05, 3.63) is 35.9 Å². The van der Waals surface area contributed by atoms with E-state index in [0.29, 0.717) is 12.5 Å². The number of nitrogens with one attached hydrogen (secondary N) is 1. The molecule has 5 heteroatoms. The van der Waals surface area contributed by atoms with Gasteiger partial charge in [0, 0.05) is 6.54 Å². The molecule has 4 N–H and O–H groups in total. The van der Waals surface area contributed by atoms with Crippen LogP contribution in [0.25, 0.3) is 0 Å². The van der Waals surface area contributed by atoms with Crippen molar-refractivity contribution < 1.29 is 5.11 Å². The van der Waals surface area contributed by atoms with Gasteiger partial charge in [0.05, 0.1) is 12.6 Å². The fourth-order valence-corrected chi connectivity index (χ4v) is 1.27. The van der Waals surface area contributed by atoms with Crippen molar-refractivity contribution in [2.75, 3.05) is 13.1 Å². The van der Waals surface area contributed by atoms with Crippen molar-refractivity contribution in [1.82, 2.24) is 5.32 Å². The van der Waals surface area contributed by atoms with E-state index in [4.69, 9.17) is 10.8 Å². The molecular formula is C12H20IN3O. The molecule has 0 bridgehead atoms. The average Bonchev–Trinajstić information content (AvgIpc) is 2.28. The largest absolute Gasteiger partial charge is 0.391 e. The molecule has 0 aliphatic rings. The second-order valence-corrected chi connectivity index (χ2v) is 3.74. The Hall–Kier alpha value is -0.820. The molecule has 4 nitrogen and oxygen atoms in total. The SMILES string of the molecule is CC(O)CN=C(N)NCCc1ccccc1.I. The van der Waals surface area contributed by atoms with E-state index < -0.39 is 6.10 Å². The zero-order valence-electron chi connectivity index (χ0n) is 9.97. The van der Waals surface area contributed by atoms with Crippen molar-refractivity contribution >= 4 is 29.9 Å². The minimum atomic E-state index is -0.450. The van der Waals surface area contributed by atoms with Crippen molar-refractivity contribution in [3.63, 3.8) is 0 Å². The van der Waals surface area contributed by atoms with Gasteiger partial charge >= 0.3 is 0 Å². The number of aliphatic hydroxyl groups excluding tert-OH is 1. The maximum absolute atomic E-state index is 9.01. The van der Waals surface area contributed by atoms with E-state index in [1.54, 1.807) is 6.92 Å². The average molecular weight is 349 g/mol. The van der Waals surface area contributed by atoms with E-state index in [-0.39, 0.29) is 24.0 Å². The minimum Gasteiger partial charge on any atom is -0.391 e. The molecule has 0 aliphatic heterocycles. The number of nitrogens with two attached hydrogens (primary N) is 1. The molecule has 0 aromatic heterocycles. The molecule has 0 saturated carbocycles. The van der Waals surface area contributed by atoms with Gasteiger partial charge in [0.25, 0.3) is 0 Å². The van der Waals surface area contributed by atoms with Crippen LogP contribution in [0.2, 0.25) is 0 Å². The maximum Gasteiger partial charge on any atom is 0.188 e. The van der Waals surface area contributed by atoms with Crippen LogP contribution in [0, 0.1) is 0 Å². The predicted molar refractivity (Wildman–Crippen MR) is 81.7 cm³/mol. The fraction of sp³-hybridized carbons (Fsp3) is 0.417. The summed E-state index contributed by atoms with van der Waals surface area (Å²) in [6, 6.07) is 10.2. The Morgan fingerprint density at radius 1 is 1.41 bits per heavy atom. The van der Waals surface area contributed by atoms with Gasteiger partial charge in [0.2, 0.25) is 0 Å². The molecular weight excluding hydrogens is 329 g/mol. The molecule has 0 saturated heterocycles. The third-order valence-corrected chi connectivity index (χ3v) is 2.09. The summed E-state index contributed by atoms with van der Waals surface area (Å²) in [7, 11) is 0. The second kappa shape index (κ2) is 9.23. The smallest absolute Gasteiger partial charge is 0.188 e. The number of rotatable bonds is 5. The van der Waals surface area contributed by atoms with Gasteiger partial charge in [-0.3, -0.25) is 4.99 Å². The van der Waals surface area contributed by atoms with Crippen LogP contribution >= 0.6 is 24.0 Å². The summed E-state index contributed by atoms with van der Waals surface area (Å²) < 4.78 is 0. The molecule has 0 radical (unpaired) electrons. The monoisotopic (exact) mass is 349 g/mol. The molecule has 1 rings (SSSR count). The van der Waals surface area contributed by atoms with Gasteiger partial charge in [-0.15, -0.1) is 24.0 Å². The first-order valence-electron chi connectivity index (χ1n) is 5.44. The van der Waals surface area contributed by atoms with Crippen molar-refractivity contribution in [3.8, 4) is 0 Å². The van der Waals surface area contributed by atoms with Crippen LogP contribution in [0.3, 0.4) is 0 Å². The molecule has 1 atom stereocenters. The standard InChI is InChI=1S/C12H19N3O.HI/c1-10(16)9-15-12(13)14-8-7-11-5-3-2-4-6-11;/h2-6,10,16H,7-9H2,1H3,(H3,13,14,15);1H. The Labute approximate surface area is 119 Å². The van der Waals surface area contributed by atoms with Crippen molar-refractivity contribution in [2.45, 2.75) is 19.4 Å². The zero-order valence-corrected chi connectivity index (χ0v) is 12.3. The van der Waals surface area contributed by atoms with Crippen molar-refractivity contribution in [2.24, 2.45) is 10.7 Å². The molecule has 0 spiro atoms. The first-order valence-corrected chi connectivity index (χ1v) is 5.44. The van der Waals surface area contributed by atoms with Crippen LogP contribution in [0.15, 0.2) is 35.3 Å². The van der Waals surface area contributed by atoms with Gasteiger partial charge < -0.3 is 16.2 Å². The van der Waals surface area contributed by atoms with Crippen molar-refractivity contribution in [1.29, 1.82) is 0 Å². The Bertz CT molecular complexity index is 328. The van der Waals surface area contributed by atoms with Crippen LogP contribution < -0.4 is 11.1 Å². The summed E-state index contributed by atoms with van der Waals surface area (Å²) in [4.78, 5) is 3.99. The normalized spacial score (nSPS) is 12.7. The topological polar surface area (TPSA) is 70.6 Å². The van der Waals surface area contributed by atoms with Crippen LogP contribution in [0.1, 0.15) is 12.5 Å². The molecule has 0 aliphatic carbocycles. The molecule has 96 valence electrons. The summed E-state index contributed by atoms with van der Waals surface area (Å²) in [6.45, 7) is 2.77. The molecule has 0 amide bonds.